The third-order valence-corrected chi connectivity index (χ3v) is 6.78. The maximum absolute atomic E-state index is 13.6. The number of carbonyl (C=O) groups excluding carboxylic acids is 1. The van der Waals surface area contributed by atoms with Crippen LogP contribution in [0.3, 0.4) is 0 Å². The van der Waals surface area contributed by atoms with E-state index in [1.165, 1.54) is 31.9 Å². The molecule has 2 N–H and O–H groups in total. The number of ether oxygens (including phenoxy) is 1. The van der Waals surface area contributed by atoms with Crippen LogP contribution in [0.5, 0.6) is 5.75 Å². The van der Waals surface area contributed by atoms with Crippen LogP contribution in [0, 0.1) is 5.92 Å². The van der Waals surface area contributed by atoms with Gasteiger partial charge in [-0.25, -0.2) is 4.98 Å². The summed E-state index contributed by atoms with van der Waals surface area (Å²) in [5.74, 6) is -0.766. The fourth-order valence-corrected chi connectivity index (χ4v) is 4.66. The van der Waals surface area contributed by atoms with Crippen LogP contribution < -0.4 is 15.4 Å². The first-order valence-corrected chi connectivity index (χ1v) is 12.1. The number of hydrogen-bond acceptors (Lipinski definition) is 5. The quantitative estimate of drug-likeness (QED) is 0.341. The molecule has 5 nitrogen and oxygen atoms in total. The van der Waals surface area contributed by atoms with Gasteiger partial charge in [-0.05, 0) is 43.4 Å². The van der Waals surface area contributed by atoms with Crippen molar-refractivity contribution in [1.82, 2.24) is 15.6 Å². The number of halogens is 6. The van der Waals surface area contributed by atoms with Gasteiger partial charge in [0.1, 0.15) is 10.6 Å². The van der Waals surface area contributed by atoms with E-state index in [9.17, 15) is 31.1 Å². The minimum Gasteiger partial charge on any atom is -0.406 e. The van der Waals surface area contributed by atoms with Crippen LogP contribution in [0.2, 0.25) is 0 Å². The lowest BCUT2D eigenvalue weighted by Crippen LogP contribution is -2.30. The van der Waals surface area contributed by atoms with Crippen molar-refractivity contribution in [1.29, 1.82) is 0 Å². The highest BCUT2D eigenvalue weighted by Gasteiger charge is 2.40. The molecule has 1 aliphatic carbocycles. The second-order valence-electron chi connectivity index (χ2n) is 8.59. The van der Waals surface area contributed by atoms with Crippen molar-refractivity contribution in [2.24, 2.45) is 5.92 Å². The van der Waals surface area contributed by atoms with E-state index in [0.29, 0.717) is 23.9 Å². The standard InChI is InChI=1S/C23H27F6N3O2S/c1-3-16(11-14-7-8-14)30-10-9-18-32-20(22(24,25)26)19(35-18)21(33)31-13(2)15-5-4-6-17(12-15)34-23(27,28)29/h4-6,12-14,16,30H,3,7-11H2,1-2H3,(H,31,33). The lowest BCUT2D eigenvalue weighted by atomic mass is 10.1. The van der Waals surface area contributed by atoms with E-state index in [1.807, 2.05) is 0 Å². The molecule has 1 aliphatic rings. The molecule has 1 aromatic heterocycles. The summed E-state index contributed by atoms with van der Waals surface area (Å²) in [5.41, 5.74) is -1.02. The Balaban J connectivity index is 1.67. The van der Waals surface area contributed by atoms with Crippen molar-refractivity contribution in [3.8, 4) is 5.75 Å². The Morgan fingerprint density at radius 3 is 2.54 bits per heavy atom. The summed E-state index contributed by atoms with van der Waals surface area (Å²) in [4.78, 5) is 15.8. The molecule has 1 fully saturated rings. The van der Waals surface area contributed by atoms with Gasteiger partial charge in [0.05, 0.1) is 11.0 Å². The fraction of sp³-hybridized carbons (Fsp3) is 0.565. The minimum atomic E-state index is -4.89. The molecule has 1 amide bonds. The van der Waals surface area contributed by atoms with Crippen LogP contribution in [-0.4, -0.2) is 29.8 Å². The van der Waals surface area contributed by atoms with E-state index < -0.39 is 40.8 Å². The number of thiazole rings is 1. The zero-order chi connectivity index (χ0) is 25.8. The fourth-order valence-electron chi connectivity index (χ4n) is 3.68. The normalized spacial score (nSPS) is 16.1. The van der Waals surface area contributed by atoms with E-state index >= 15 is 0 Å². The van der Waals surface area contributed by atoms with Gasteiger partial charge in [-0.2, -0.15) is 13.2 Å². The maximum atomic E-state index is 13.6. The number of aromatic nitrogens is 1. The minimum absolute atomic E-state index is 0.185. The maximum Gasteiger partial charge on any atom is 0.573 e. The highest BCUT2D eigenvalue weighted by molar-refractivity contribution is 7.13. The first-order chi connectivity index (χ1) is 16.4. The summed E-state index contributed by atoms with van der Waals surface area (Å²) in [6, 6.07) is 4.31. The summed E-state index contributed by atoms with van der Waals surface area (Å²) >= 11 is 0.672. The molecular formula is C23H27F6N3O2S. The van der Waals surface area contributed by atoms with Gasteiger partial charge in [0.15, 0.2) is 5.69 Å². The molecule has 0 bridgehead atoms. The predicted octanol–water partition coefficient (Wildman–Crippen LogP) is 6.26. The van der Waals surface area contributed by atoms with Gasteiger partial charge < -0.3 is 15.4 Å². The average molecular weight is 524 g/mol. The van der Waals surface area contributed by atoms with E-state index in [0.717, 1.165) is 30.9 Å². The van der Waals surface area contributed by atoms with Gasteiger partial charge >= 0.3 is 12.5 Å². The highest BCUT2D eigenvalue weighted by atomic mass is 32.1. The van der Waals surface area contributed by atoms with Crippen molar-refractivity contribution in [2.45, 2.75) is 70.6 Å². The molecule has 2 atom stereocenters. The van der Waals surface area contributed by atoms with Crippen LogP contribution in [0.1, 0.15) is 71.5 Å². The Kier molecular flexibility index (Phi) is 8.68. The number of rotatable bonds is 11. The van der Waals surface area contributed by atoms with E-state index in [4.69, 9.17) is 0 Å². The molecule has 1 saturated carbocycles. The number of carbonyl (C=O) groups is 1. The van der Waals surface area contributed by atoms with Gasteiger partial charge in [0, 0.05) is 19.0 Å². The van der Waals surface area contributed by atoms with Crippen LogP contribution in [0.4, 0.5) is 26.3 Å². The topological polar surface area (TPSA) is 63.2 Å². The summed E-state index contributed by atoms with van der Waals surface area (Å²) in [6.45, 7) is 3.95. The van der Waals surface area contributed by atoms with Crippen LogP contribution in [-0.2, 0) is 12.6 Å². The van der Waals surface area contributed by atoms with Crippen LogP contribution in [0.25, 0.3) is 0 Å². The summed E-state index contributed by atoms with van der Waals surface area (Å²) in [5, 5.41) is 5.96. The molecule has 2 unspecified atom stereocenters. The number of alkyl halides is 6. The van der Waals surface area contributed by atoms with Gasteiger partial charge in [0.2, 0.25) is 0 Å². The number of amides is 1. The first kappa shape index (κ1) is 27.3. The van der Waals surface area contributed by atoms with Crippen molar-refractivity contribution in [3.05, 3.63) is 45.4 Å². The van der Waals surface area contributed by atoms with Crippen LogP contribution >= 0.6 is 11.3 Å². The molecule has 0 spiro atoms. The average Bonchev–Trinajstić information content (AvgIpc) is 3.46. The zero-order valence-corrected chi connectivity index (χ0v) is 20.0. The molecule has 194 valence electrons. The highest BCUT2D eigenvalue weighted by Crippen LogP contribution is 2.36. The van der Waals surface area contributed by atoms with Crippen molar-refractivity contribution in [3.63, 3.8) is 0 Å². The number of nitrogens with zero attached hydrogens (tertiary/aromatic N) is 1. The monoisotopic (exact) mass is 523 g/mol. The smallest absolute Gasteiger partial charge is 0.406 e. The van der Waals surface area contributed by atoms with Crippen LogP contribution in [0.15, 0.2) is 24.3 Å². The first-order valence-electron chi connectivity index (χ1n) is 11.3. The molecule has 12 heteroatoms. The Bertz CT molecular complexity index is 1000. The SMILES string of the molecule is CCC(CC1CC1)NCCc1nc(C(F)(F)F)c(C(=O)NC(C)c2cccc(OC(F)(F)F)c2)s1. The molecular weight excluding hydrogens is 496 g/mol. The number of nitrogens with one attached hydrogen (secondary N) is 2. The summed E-state index contributed by atoms with van der Waals surface area (Å²) < 4.78 is 82.0. The van der Waals surface area contributed by atoms with Crippen molar-refractivity contribution >= 4 is 17.2 Å². The summed E-state index contributed by atoms with van der Waals surface area (Å²) in [7, 11) is 0. The molecule has 3 rings (SSSR count). The Morgan fingerprint density at radius 2 is 1.94 bits per heavy atom. The largest absolute Gasteiger partial charge is 0.573 e. The Morgan fingerprint density at radius 1 is 1.23 bits per heavy atom. The second kappa shape index (κ2) is 11.2. The van der Waals surface area contributed by atoms with Gasteiger partial charge in [-0.3, -0.25) is 4.79 Å². The predicted molar refractivity (Wildman–Crippen MR) is 119 cm³/mol. The zero-order valence-electron chi connectivity index (χ0n) is 19.2. The lowest BCUT2D eigenvalue weighted by molar-refractivity contribution is -0.274. The molecule has 0 radical (unpaired) electrons. The third-order valence-electron chi connectivity index (χ3n) is 5.66. The van der Waals surface area contributed by atoms with E-state index in [1.54, 1.807) is 0 Å². The second-order valence-corrected chi connectivity index (χ2v) is 9.67. The molecule has 1 heterocycles. The number of benzene rings is 1. The van der Waals surface area contributed by atoms with Gasteiger partial charge in [0.25, 0.3) is 5.91 Å². The third kappa shape index (κ3) is 8.38. The molecule has 0 aliphatic heterocycles. The summed E-state index contributed by atoms with van der Waals surface area (Å²) in [6.07, 6.45) is -5.07. The molecule has 1 aromatic carbocycles. The van der Waals surface area contributed by atoms with Crippen molar-refractivity contribution < 1.29 is 35.9 Å². The van der Waals surface area contributed by atoms with E-state index in [2.05, 4.69) is 27.3 Å². The Hall–Kier alpha value is -2.34. The molecule has 35 heavy (non-hydrogen) atoms. The molecule has 0 saturated heterocycles. The lowest BCUT2D eigenvalue weighted by Gasteiger charge is -2.16. The van der Waals surface area contributed by atoms with E-state index in [-0.39, 0.29) is 17.0 Å². The van der Waals surface area contributed by atoms with Gasteiger partial charge in [-0.1, -0.05) is 31.9 Å². The van der Waals surface area contributed by atoms with Crippen molar-refractivity contribution in [2.75, 3.05) is 6.54 Å². The van der Waals surface area contributed by atoms with Gasteiger partial charge in [-0.15, -0.1) is 24.5 Å². The molecule has 2 aromatic rings. The number of hydrogen-bond donors (Lipinski definition) is 2. The Labute approximate surface area is 203 Å².